The van der Waals surface area contributed by atoms with Gasteiger partial charge < -0.3 is 15.9 Å². The first kappa shape index (κ1) is 22.5. The average molecular weight is 421 g/mol. The maximum atomic E-state index is 11.8. The summed E-state index contributed by atoms with van der Waals surface area (Å²) in [5, 5.41) is 13.2. The van der Waals surface area contributed by atoms with Crippen LogP contribution in [0, 0.1) is 0 Å². The fourth-order valence-electron chi connectivity index (χ4n) is 2.32. The van der Waals surface area contributed by atoms with Crippen LogP contribution in [0.25, 0.3) is 0 Å². The molecule has 0 aliphatic heterocycles. The molecular weight excluding hydrogens is 392 g/mol. The topological polar surface area (TPSA) is 124 Å². The lowest BCUT2D eigenvalue weighted by Gasteiger charge is -2.09. The van der Waals surface area contributed by atoms with Crippen molar-refractivity contribution in [3.8, 4) is 5.75 Å². The molecule has 0 spiro atoms. The van der Waals surface area contributed by atoms with Gasteiger partial charge in [-0.3, -0.25) is 10.1 Å². The van der Waals surface area contributed by atoms with Crippen molar-refractivity contribution >= 4 is 23.7 Å². The molecule has 0 atom stereocenters. The van der Waals surface area contributed by atoms with Gasteiger partial charge in [-0.15, -0.1) is 10.2 Å². The predicted molar refractivity (Wildman–Crippen MR) is 112 cm³/mol. The highest BCUT2D eigenvalue weighted by Gasteiger charge is 2.14. The Morgan fingerprint density at radius 2 is 1.97 bits per heavy atom. The zero-order valence-corrected chi connectivity index (χ0v) is 17.8. The quantitative estimate of drug-likeness (QED) is 0.306. The van der Waals surface area contributed by atoms with E-state index in [-0.39, 0.29) is 12.4 Å². The number of thioether (sulfide) groups is 1. The Kier molecular flexibility index (Phi) is 8.78. The SMILES string of the molecule is CCCCNC(=O)NC(=O)CSc1nnc(COc2ccc(C(C)C)cc2)n1N. The number of unbranched alkanes of at least 4 members (excludes halogenated alkanes) is 1. The van der Waals surface area contributed by atoms with Gasteiger partial charge in [0.05, 0.1) is 5.75 Å². The largest absolute Gasteiger partial charge is 0.486 e. The Morgan fingerprint density at radius 3 is 2.62 bits per heavy atom. The van der Waals surface area contributed by atoms with Crippen LogP contribution in [0.15, 0.2) is 29.4 Å². The Balaban J connectivity index is 1.79. The molecule has 0 aliphatic rings. The second kappa shape index (κ2) is 11.3. The van der Waals surface area contributed by atoms with Crippen LogP contribution in [-0.2, 0) is 11.4 Å². The number of ether oxygens (including phenoxy) is 1. The van der Waals surface area contributed by atoms with Crippen molar-refractivity contribution in [2.75, 3.05) is 18.1 Å². The number of aromatic nitrogens is 3. The molecule has 4 N–H and O–H groups in total. The maximum Gasteiger partial charge on any atom is 0.321 e. The number of imide groups is 1. The summed E-state index contributed by atoms with van der Waals surface area (Å²) in [6.07, 6.45) is 1.82. The molecule has 0 aliphatic carbocycles. The van der Waals surface area contributed by atoms with Crippen LogP contribution in [0.2, 0.25) is 0 Å². The molecule has 1 aromatic heterocycles. The number of nitrogens with one attached hydrogen (secondary N) is 2. The third-order valence-corrected chi connectivity index (χ3v) is 4.99. The monoisotopic (exact) mass is 420 g/mol. The molecule has 0 unspecified atom stereocenters. The summed E-state index contributed by atoms with van der Waals surface area (Å²) in [6.45, 7) is 6.96. The van der Waals surface area contributed by atoms with Crippen LogP contribution in [-0.4, -0.2) is 39.1 Å². The number of amides is 3. The van der Waals surface area contributed by atoms with Gasteiger partial charge in [-0.25, -0.2) is 9.47 Å². The van der Waals surface area contributed by atoms with Gasteiger partial charge in [0.2, 0.25) is 11.1 Å². The lowest BCUT2D eigenvalue weighted by Crippen LogP contribution is -2.40. The molecule has 0 saturated heterocycles. The lowest BCUT2D eigenvalue weighted by molar-refractivity contribution is -0.117. The van der Waals surface area contributed by atoms with Gasteiger partial charge in [0.1, 0.15) is 12.4 Å². The molecule has 0 bridgehead atoms. The minimum atomic E-state index is -0.504. The van der Waals surface area contributed by atoms with E-state index in [1.54, 1.807) is 0 Å². The van der Waals surface area contributed by atoms with Crippen LogP contribution >= 0.6 is 11.8 Å². The van der Waals surface area contributed by atoms with Gasteiger partial charge in [0.25, 0.3) is 0 Å². The standard InChI is InChI=1S/C19H28N6O3S/c1-4-5-10-21-18(27)22-17(26)12-29-19-24-23-16(25(19)20)11-28-15-8-6-14(7-9-15)13(2)3/h6-9,13H,4-5,10-12,20H2,1-3H3,(H2,21,22,26,27). The van der Waals surface area contributed by atoms with Crippen molar-refractivity contribution in [1.82, 2.24) is 25.5 Å². The number of rotatable bonds is 10. The number of hydrogen-bond donors (Lipinski definition) is 3. The molecule has 3 amide bonds. The number of nitrogens with two attached hydrogens (primary N) is 1. The molecule has 158 valence electrons. The first-order chi connectivity index (χ1) is 13.9. The van der Waals surface area contributed by atoms with Gasteiger partial charge in [-0.1, -0.05) is 51.1 Å². The predicted octanol–water partition coefficient (Wildman–Crippen LogP) is 2.41. The van der Waals surface area contributed by atoms with Gasteiger partial charge in [0, 0.05) is 6.54 Å². The lowest BCUT2D eigenvalue weighted by atomic mass is 10.0. The van der Waals surface area contributed by atoms with E-state index in [2.05, 4.69) is 34.7 Å². The number of carbonyl (C=O) groups excluding carboxylic acids is 2. The first-order valence-electron chi connectivity index (χ1n) is 9.53. The van der Waals surface area contributed by atoms with Gasteiger partial charge in [0.15, 0.2) is 5.82 Å². The summed E-state index contributed by atoms with van der Waals surface area (Å²) < 4.78 is 6.98. The van der Waals surface area contributed by atoms with E-state index in [1.807, 2.05) is 31.2 Å². The van der Waals surface area contributed by atoms with E-state index in [9.17, 15) is 9.59 Å². The van der Waals surface area contributed by atoms with E-state index in [1.165, 1.54) is 10.2 Å². The fourth-order valence-corrected chi connectivity index (χ4v) is 2.99. The van der Waals surface area contributed by atoms with E-state index < -0.39 is 11.9 Å². The zero-order valence-electron chi connectivity index (χ0n) is 17.0. The highest BCUT2D eigenvalue weighted by molar-refractivity contribution is 7.99. The molecule has 2 rings (SSSR count). The summed E-state index contributed by atoms with van der Waals surface area (Å²) in [4.78, 5) is 23.4. The smallest absolute Gasteiger partial charge is 0.321 e. The number of carbonyl (C=O) groups is 2. The number of urea groups is 1. The third kappa shape index (κ3) is 7.30. The Hall–Kier alpha value is -2.75. The summed E-state index contributed by atoms with van der Waals surface area (Å²) in [7, 11) is 0. The number of nitrogens with zero attached hydrogens (tertiary/aromatic N) is 3. The number of benzene rings is 1. The van der Waals surface area contributed by atoms with Crippen molar-refractivity contribution in [1.29, 1.82) is 0 Å². The molecule has 0 fully saturated rings. The van der Waals surface area contributed by atoms with Gasteiger partial charge in [-0.05, 0) is 30.0 Å². The number of nitrogen functional groups attached to an aromatic ring is 1. The second-order valence-corrected chi connectivity index (χ2v) is 7.67. The fraction of sp³-hybridized carbons (Fsp3) is 0.474. The van der Waals surface area contributed by atoms with Crippen molar-refractivity contribution in [2.45, 2.75) is 51.3 Å². The van der Waals surface area contributed by atoms with Crippen LogP contribution in [0.5, 0.6) is 5.75 Å². The molecule has 9 nitrogen and oxygen atoms in total. The van der Waals surface area contributed by atoms with E-state index in [0.717, 1.165) is 24.6 Å². The van der Waals surface area contributed by atoms with Crippen LogP contribution in [0.3, 0.4) is 0 Å². The van der Waals surface area contributed by atoms with Gasteiger partial charge in [-0.2, -0.15) is 0 Å². The maximum absolute atomic E-state index is 11.8. The van der Waals surface area contributed by atoms with Crippen molar-refractivity contribution < 1.29 is 14.3 Å². The highest BCUT2D eigenvalue weighted by Crippen LogP contribution is 2.20. The van der Waals surface area contributed by atoms with Crippen molar-refractivity contribution in [3.63, 3.8) is 0 Å². The molecule has 1 aromatic carbocycles. The summed E-state index contributed by atoms with van der Waals surface area (Å²) in [6, 6.07) is 7.34. The first-order valence-corrected chi connectivity index (χ1v) is 10.5. The van der Waals surface area contributed by atoms with Crippen molar-refractivity contribution in [2.24, 2.45) is 0 Å². The van der Waals surface area contributed by atoms with E-state index in [0.29, 0.717) is 29.2 Å². The Bertz CT molecular complexity index is 807. The Morgan fingerprint density at radius 1 is 1.24 bits per heavy atom. The van der Waals surface area contributed by atoms with Crippen LogP contribution in [0.4, 0.5) is 4.79 Å². The molecule has 0 radical (unpaired) electrons. The molecule has 1 heterocycles. The highest BCUT2D eigenvalue weighted by atomic mass is 32.2. The average Bonchev–Trinajstić information content (AvgIpc) is 3.05. The molecule has 10 heteroatoms. The summed E-state index contributed by atoms with van der Waals surface area (Å²) in [5.41, 5.74) is 1.23. The zero-order chi connectivity index (χ0) is 21.2. The number of hydrogen-bond acceptors (Lipinski definition) is 7. The minimum absolute atomic E-state index is 0.00590. The van der Waals surface area contributed by atoms with Crippen LogP contribution in [0.1, 0.15) is 50.9 Å². The third-order valence-electron chi connectivity index (χ3n) is 4.05. The molecule has 0 saturated carbocycles. The minimum Gasteiger partial charge on any atom is -0.486 e. The summed E-state index contributed by atoms with van der Waals surface area (Å²) >= 11 is 1.09. The summed E-state index contributed by atoms with van der Waals surface area (Å²) in [5.74, 6) is 7.13. The normalized spacial score (nSPS) is 10.8. The van der Waals surface area contributed by atoms with Gasteiger partial charge >= 0.3 is 6.03 Å². The Labute approximate surface area is 174 Å². The molecular formula is C19H28N6O3S. The van der Waals surface area contributed by atoms with E-state index in [4.69, 9.17) is 10.6 Å². The molecule has 29 heavy (non-hydrogen) atoms. The van der Waals surface area contributed by atoms with Crippen LogP contribution < -0.4 is 21.2 Å². The van der Waals surface area contributed by atoms with Crippen molar-refractivity contribution in [3.05, 3.63) is 35.7 Å². The van der Waals surface area contributed by atoms with E-state index >= 15 is 0 Å². The second-order valence-electron chi connectivity index (χ2n) is 6.73. The molecule has 2 aromatic rings.